The highest BCUT2D eigenvalue weighted by Gasteiger charge is 2.34. The summed E-state index contributed by atoms with van der Waals surface area (Å²) in [5.74, 6) is 2.05. The number of nitrogens with two attached hydrogens (primary N) is 1. The molecule has 3 heteroatoms. The van der Waals surface area contributed by atoms with Crippen molar-refractivity contribution in [1.82, 2.24) is 4.98 Å². The van der Waals surface area contributed by atoms with E-state index in [1.165, 1.54) is 55.5 Å². The predicted octanol–water partition coefficient (Wildman–Crippen LogP) is 3.01. The van der Waals surface area contributed by atoms with Crippen molar-refractivity contribution in [3.05, 3.63) is 23.4 Å². The van der Waals surface area contributed by atoms with Gasteiger partial charge >= 0.3 is 0 Å². The first-order valence-corrected chi connectivity index (χ1v) is 7.72. The Hall–Kier alpha value is -1.09. The molecule has 1 aromatic rings. The SMILES string of the molecule is Cc1ccnc(N2CCC[C@H]3CCCC[C@H]32)c1CN. The number of pyridine rings is 1. The minimum absolute atomic E-state index is 0.600. The quantitative estimate of drug-likeness (QED) is 0.887. The minimum atomic E-state index is 0.600. The molecule has 19 heavy (non-hydrogen) atoms. The van der Waals surface area contributed by atoms with Gasteiger partial charge in [-0.05, 0) is 50.2 Å². The summed E-state index contributed by atoms with van der Waals surface area (Å²) in [6, 6.07) is 2.79. The number of aromatic nitrogens is 1. The number of nitrogens with zero attached hydrogens (tertiary/aromatic N) is 2. The lowest BCUT2D eigenvalue weighted by Crippen LogP contribution is -2.47. The van der Waals surface area contributed by atoms with E-state index in [2.05, 4.69) is 22.9 Å². The second-order valence-electron chi connectivity index (χ2n) is 6.08. The predicted molar refractivity (Wildman–Crippen MR) is 79.2 cm³/mol. The third-order valence-corrected chi connectivity index (χ3v) is 4.99. The van der Waals surface area contributed by atoms with E-state index in [1.807, 2.05) is 6.20 Å². The Morgan fingerprint density at radius 3 is 2.89 bits per heavy atom. The van der Waals surface area contributed by atoms with Gasteiger partial charge in [0.2, 0.25) is 0 Å². The van der Waals surface area contributed by atoms with Crippen LogP contribution in [0.4, 0.5) is 5.82 Å². The highest BCUT2D eigenvalue weighted by atomic mass is 15.2. The van der Waals surface area contributed by atoms with Crippen molar-refractivity contribution in [2.75, 3.05) is 11.4 Å². The van der Waals surface area contributed by atoms with Crippen LogP contribution in [0.1, 0.15) is 49.7 Å². The largest absolute Gasteiger partial charge is 0.353 e. The summed E-state index contributed by atoms with van der Waals surface area (Å²) < 4.78 is 0. The Bertz CT molecular complexity index is 442. The summed E-state index contributed by atoms with van der Waals surface area (Å²) in [6.07, 6.45) is 10.2. The summed E-state index contributed by atoms with van der Waals surface area (Å²) in [7, 11) is 0. The van der Waals surface area contributed by atoms with Crippen molar-refractivity contribution in [3.63, 3.8) is 0 Å². The van der Waals surface area contributed by atoms with Gasteiger partial charge in [0.05, 0.1) is 0 Å². The van der Waals surface area contributed by atoms with Crippen molar-refractivity contribution in [3.8, 4) is 0 Å². The number of aryl methyl sites for hydroxylation is 1. The summed E-state index contributed by atoms with van der Waals surface area (Å²) in [5, 5.41) is 0. The van der Waals surface area contributed by atoms with Crippen LogP contribution in [0.3, 0.4) is 0 Å². The van der Waals surface area contributed by atoms with Crippen LogP contribution >= 0.6 is 0 Å². The number of piperidine rings is 1. The molecule has 0 spiro atoms. The number of hydrogen-bond acceptors (Lipinski definition) is 3. The van der Waals surface area contributed by atoms with Gasteiger partial charge in [0.25, 0.3) is 0 Å². The number of fused-ring (bicyclic) bond motifs is 1. The van der Waals surface area contributed by atoms with Gasteiger partial charge in [0.1, 0.15) is 5.82 Å². The zero-order valence-electron chi connectivity index (χ0n) is 11.9. The molecule has 2 fully saturated rings. The molecule has 2 aliphatic rings. The van der Waals surface area contributed by atoms with Crippen molar-refractivity contribution in [1.29, 1.82) is 0 Å². The van der Waals surface area contributed by atoms with E-state index in [1.54, 1.807) is 0 Å². The monoisotopic (exact) mass is 259 g/mol. The van der Waals surface area contributed by atoms with Crippen LogP contribution in [-0.4, -0.2) is 17.6 Å². The van der Waals surface area contributed by atoms with E-state index in [9.17, 15) is 0 Å². The van der Waals surface area contributed by atoms with Crippen LogP contribution in [-0.2, 0) is 6.54 Å². The molecule has 0 radical (unpaired) electrons. The normalized spacial score (nSPS) is 27.2. The Morgan fingerprint density at radius 2 is 2.05 bits per heavy atom. The molecule has 1 aliphatic carbocycles. The molecule has 1 saturated carbocycles. The standard InChI is InChI=1S/C16H25N3/c1-12-8-9-18-16(14(12)11-17)19-10-4-6-13-5-2-3-7-15(13)19/h8-9,13,15H,2-7,10-11,17H2,1H3/t13-,15-/m1/s1. The fourth-order valence-corrected chi connectivity index (χ4v) is 3.96. The van der Waals surface area contributed by atoms with E-state index in [0.29, 0.717) is 12.6 Å². The molecule has 1 saturated heterocycles. The van der Waals surface area contributed by atoms with E-state index in [4.69, 9.17) is 5.73 Å². The van der Waals surface area contributed by atoms with Crippen LogP contribution in [0.25, 0.3) is 0 Å². The lowest BCUT2D eigenvalue weighted by atomic mass is 9.78. The Labute approximate surface area is 116 Å². The van der Waals surface area contributed by atoms with Crippen LogP contribution in [0.2, 0.25) is 0 Å². The van der Waals surface area contributed by atoms with E-state index in [-0.39, 0.29) is 0 Å². The molecule has 0 bridgehead atoms. The fraction of sp³-hybridized carbons (Fsp3) is 0.688. The maximum atomic E-state index is 5.96. The summed E-state index contributed by atoms with van der Waals surface area (Å²) in [5.41, 5.74) is 8.49. The molecule has 1 aromatic heterocycles. The summed E-state index contributed by atoms with van der Waals surface area (Å²) in [4.78, 5) is 7.24. The molecule has 1 aliphatic heterocycles. The van der Waals surface area contributed by atoms with Gasteiger partial charge in [-0.3, -0.25) is 0 Å². The number of rotatable bonds is 2. The van der Waals surface area contributed by atoms with Crippen molar-refractivity contribution >= 4 is 5.82 Å². The van der Waals surface area contributed by atoms with Crippen LogP contribution in [0.15, 0.2) is 12.3 Å². The third kappa shape index (κ3) is 2.36. The van der Waals surface area contributed by atoms with Crippen LogP contribution in [0.5, 0.6) is 0 Å². The Balaban J connectivity index is 1.94. The first-order valence-electron chi connectivity index (χ1n) is 7.72. The molecule has 2 heterocycles. The topological polar surface area (TPSA) is 42.2 Å². The Morgan fingerprint density at radius 1 is 1.26 bits per heavy atom. The number of anilines is 1. The molecule has 0 amide bonds. The molecule has 2 atom stereocenters. The summed E-state index contributed by atoms with van der Waals surface area (Å²) in [6.45, 7) is 3.91. The van der Waals surface area contributed by atoms with E-state index >= 15 is 0 Å². The first kappa shape index (κ1) is 12.9. The van der Waals surface area contributed by atoms with Gasteiger partial charge in [-0.2, -0.15) is 0 Å². The summed E-state index contributed by atoms with van der Waals surface area (Å²) >= 11 is 0. The zero-order valence-corrected chi connectivity index (χ0v) is 11.9. The lowest BCUT2D eigenvalue weighted by molar-refractivity contribution is 0.242. The minimum Gasteiger partial charge on any atom is -0.353 e. The van der Waals surface area contributed by atoms with Crippen molar-refractivity contribution in [2.24, 2.45) is 11.7 Å². The molecule has 104 valence electrons. The van der Waals surface area contributed by atoms with Gasteiger partial charge in [-0.1, -0.05) is 12.8 Å². The lowest BCUT2D eigenvalue weighted by Gasteiger charge is -2.45. The van der Waals surface area contributed by atoms with Gasteiger partial charge in [0.15, 0.2) is 0 Å². The molecule has 2 N–H and O–H groups in total. The average molecular weight is 259 g/mol. The Kier molecular flexibility index (Phi) is 3.74. The van der Waals surface area contributed by atoms with Crippen molar-refractivity contribution in [2.45, 2.75) is 58.0 Å². The molecule has 0 aromatic carbocycles. The van der Waals surface area contributed by atoms with Gasteiger partial charge in [-0.25, -0.2) is 4.98 Å². The van der Waals surface area contributed by atoms with E-state index in [0.717, 1.165) is 12.5 Å². The average Bonchev–Trinajstić information content (AvgIpc) is 2.46. The highest BCUT2D eigenvalue weighted by Crippen LogP contribution is 2.38. The molecule has 3 rings (SSSR count). The molecule has 3 nitrogen and oxygen atoms in total. The molecular weight excluding hydrogens is 234 g/mol. The highest BCUT2D eigenvalue weighted by molar-refractivity contribution is 5.51. The third-order valence-electron chi connectivity index (χ3n) is 4.99. The molecule has 0 unspecified atom stereocenters. The van der Waals surface area contributed by atoms with E-state index < -0.39 is 0 Å². The van der Waals surface area contributed by atoms with Crippen LogP contribution < -0.4 is 10.6 Å². The maximum Gasteiger partial charge on any atom is 0.133 e. The van der Waals surface area contributed by atoms with Gasteiger partial charge in [-0.15, -0.1) is 0 Å². The second-order valence-corrected chi connectivity index (χ2v) is 6.08. The first-order chi connectivity index (χ1) is 9.31. The smallest absolute Gasteiger partial charge is 0.133 e. The van der Waals surface area contributed by atoms with Crippen LogP contribution in [0, 0.1) is 12.8 Å². The zero-order chi connectivity index (χ0) is 13.2. The second kappa shape index (κ2) is 5.49. The molecular formula is C16H25N3. The number of hydrogen-bond donors (Lipinski definition) is 1. The van der Waals surface area contributed by atoms with Crippen molar-refractivity contribution < 1.29 is 0 Å². The fourth-order valence-electron chi connectivity index (χ4n) is 3.96. The maximum absolute atomic E-state index is 5.96. The van der Waals surface area contributed by atoms with Gasteiger partial charge in [0, 0.05) is 30.9 Å². The van der Waals surface area contributed by atoms with Gasteiger partial charge < -0.3 is 10.6 Å².